The van der Waals surface area contributed by atoms with Gasteiger partial charge in [0.25, 0.3) is 0 Å². The number of nitrogens with two attached hydrogens (primary N) is 1. The van der Waals surface area contributed by atoms with Gasteiger partial charge in [0, 0.05) is 10.0 Å². The van der Waals surface area contributed by atoms with E-state index in [0.29, 0.717) is 21.2 Å². The van der Waals surface area contributed by atoms with E-state index in [0.717, 1.165) is 12.1 Å². The highest BCUT2D eigenvalue weighted by molar-refractivity contribution is 6.35. The van der Waals surface area contributed by atoms with Crippen LogP contribution < -0.4 is 11.3 Å². The Balaban J connectivity index is 2.46. The summed E-state index contributed by atoms with van der Waals surface area (Å²) < 4.78 is 26.2. The number of rotatable bonds is 3. The van der Waals surface area contributed by atoms with Crippen molar-refractivity contribution in [3.8, 4) is 0 Å². The first-order chi connectivity index (χ1) is 9.02. The molecule has 0 aliphatic carbocycles. The lowest BCUT2D eigenvalue weighted by molar-refractivity contribution is 0.504. The zero-order valence-corrected chi connectivity index (χ0v) is 11.1. The molecule has 2 aromatic rings. The van der Waals surface area contributed by atoms with Crippen LogP contribution in [0.2, 0.25) is 10.0 Å². The number of hydrogen-bond acceptors (Lipinski definition) is 2. The molecule has 2 rings (SSSR count). The smallest absolute Gasteiger partial charge is 0.159 e. The third-order valence-electron chi connectivity index (χ3n) is 2.72. The van der Waals surface area contributed by atoms with Crippen LogP contribution in [0.25, 0.3) is 0 Å². The zero-order valence-electron chi connectivity index (χ0n) is 9.63. The molecule has 3 N–H and O–H groups in total. The summed E-state index contributed by atoms with van der Waals surface area (Å²) in [5.41, 5.74) is 3.61. The van der Waals surface area contributed by atoms with E-state index >= 15 is 0 Å². The molecule has 0 saturated heterocycles. The molecular formula is C13H10Cl2F2N2. The number of hydrogen-bond donors (Lipinski definition) is 2. The lowest BCUT2D eigenvalue weighted by atomic mass is 9.99. The van der Waals surface area contributed by atoms with Crippen LogP contribution in [0.4, 0.5) is 8.78 Å². The number of benzene rings is 2. The second-order valence-electron chi connectivity index (χ2n) is 3.94. The number of nitrogens with one attached hydrogen (secondary N) is 1. The largest absolute Gasteiger partial charge is 0.271 e. The van der Waals surface area contributed by atoms with Crippen LogP contribution in [0.3, 0.4) is 0 Å². The maximum atomic E-state index is 13.3. The lowest BCUT2D eigenvalue weighted by Crippen LogP contribution is -2.29. The first-order valence-corrected chi connectivity index (χ1v) is 6.14. The van der Waals surface area contributed by atoms with Crippen molar-refractivity contribution < 1.29 is 8.78 Å². The molecule has 0 spiro atoms. The van der Waals surface area contributed by atoms with E-state index in [1.165, 1.54) is 6.07 Å². The topological polar surface area (TPSA) is 38.0 Å². The van der Waals surface area contributed by atoms with Crippen molar-refractivity contribution in [2.75, 3.05) is 0 Å². The van der Waals surface area contributed by atoms with Gasteiger partial charge in [0.1, 0.15) is 0 Å². The molecule has 0 aliphatic heterocycles. The van der Waals surface area contributed by atoms with Crippen LogP contribution in [0.5, 0.6) is 0 Å². The minimum absolute atomic E-state index is 0.389. The molecule has 2 aromatic carbocycles. The minimum atomic E-state index is -0.942. The summed E-state index contributed by atoms with van der Waals surface area (Å²) in [5, 5.41) is 0.870. The summed E-state index contributed by atoms with van der Waals surface area (Å²) in [6.45, 7) is 0. The SMILES string of the molecule is NNC(c1ccc(F)c(F)c1)c1ccc(Cl)cc1Cl. The molecule has 1 unspecified atom stereocenters. The quantitative estimate of drug-likeness (QED) is 0.668. The molecule has 100 valence electrons. The second kappa shape index (κ2) is 5.84. The van der Waals surface area contributed by atoms with Crippen LogP contribution >= 0.6 is 23.2 Å². The number of hydrazine groups is 1. The van der Waals surface area contributed by atoms with Gasteiger partial charge >= 0.3 is 0 Å². The third kappa shape index (κ3) is 3.04. The maximum absolute atomic E-state index is 13.3. The molecule has 0 heterocycles. The summed E-state index contributed by atoms with van der Waals surface area (Å²) in [6.07, 6.45) is 0. The highest BCUT2D eigenvalue weighted by Gasteiger charge is 2.17. The van der Waals surface area contributed by atoms with E-state index < -0.39 is 17.7 Å². The first-order valence-electron chi connectivity index (χ1n) is 5.39. The van der Waals surface area contributed by atoms with Crippen molar-refractivity contribution >= 4 is 23.2 Å². The van der Waals surface area contributed by atoms with E-state index in [-0.39, 0.29) is 0 Å². The molecule has 19 heavy (non-hydrogen) atoms. The van der Waals surface area contributed by atoms with Crippen molar-refractivity contribution in [2.45, 2.75) is 6.04 Å². The zero-order chi connectivity index (χ0) is 14.0. The van der Waals surface area contributed by atoms with Gasteiger partial charge in [-0.3, -0.25) is 5.84 Å². The van der Waals surface area contributed by atoms with Gasteiger partial charge in [0.2, 0.25) is 0 Å². The molecule has 0 aromatic heterocycles. The first kappa shape index (κ1) is 14.2. The highest BCUT2D eigenvalue weighted by atomic mass is 35.5. The van der Waals surface area contributed by atoms with Gasteiger partial charge in [-0.25, -0.2) is 14.2 Å². The molecule has 0 saturated carbocycles. The van der Waals surface area contributed by atoms with Crippen molar-refractivity contribution in [2.24, 2.45) is 5.84 Å². The van der Waals surface area contributed by atoms with Crippen molar-refractivity contribution in [3.05, 3.63) is 69.2 Å². The molecule has 0 aliphatic rings. The van der Waals surface area contributed by atoms with Crippen molar-refractivity contribution in [3.63, 3.8) is 0 Å². The monoisotopic (exact) mass is 302 g/mol. The Kier molecular flexibility index (Phi) is 4.37. The van der Waals surface area contributed by atoms with Crippen LogP contribution in [-0.4, -0.2) is 0 Å². The Bertz CT molecular complexity index is 605. The van der Waals surface area contributed by atoms with Gasteiger partial charge in [-0.1, -0.05) is 35.3 Å². The van der Waals surface area contributed by atoms with Gasteiger partial charge in [0.15, 0.2) is 11.6 Å². The van der Waals surface area contributed by atoms with Crippen LogP contribution in [-0.2, 0) is 0 Å². The summed E-state index contributed by atoms with van der Waals surface area (Å²) >= 11 is 11.9. The second-order valence-corrected chi connectivity index (χ2v) is 4.78. The van der Waals surface area contributed by atoms with E-state index in [1.54, 1.807) is 18.2 Å². The average Bonchev–Trinajstić information content (AvgIpc) is 2.37. The Labute approximate surface area is 119 Å². The Morgan fingerprint density at radius 1 is 1.00 bits per heavy atom. The molecular weight excluding hydrogens is 293 g/mol. The van der Waals surface area contributed by atoms with Gasteiger partial charge < -0.3 is 0 Å². The fourth-order valence-corrected chi connectivity index (χ4v) is 2.31. The lowest BCUT2D eigenvalue weighted by Gasteiger charge is -2.18. The van der Waals surface area contributed by atoms with Gasteiger partial charge in [-0.15, -0.1) is 0 Å². The molecule has 1 atom stereocenters. The Morgan fingerprint density at radius 2 is 1.74 bits per heavy atom. The van der Waals surface area contributed by atoms with Crippen molar-refractivity contribution in [1.82, 2.24) is 5.43 Å². The summed E-state index contributed by atoms with van der Waals surface area (Å²) in [7, 11) is 0. The molecule has 0 amide bonds. The summed E-state index contributed by atoms with van der Waals surface area (Å²) in [4.78, 5) is 0. The van der Waals surface area contributed by atoms with E-state index in [1.807, 2.05) is 0 Å². The van der Waals surface area contributed by atoms with Gasteiger partial charge in [-0.05, 0) is 35.4 Å². The van der Waals surface area contributed by atoms with Crippen LogP contribution in [0, 0.1) is 11.6 Å². The maximum Gasteiger partial charge on any atom is 0.159 e. The van der Waals surface area contributed by atoms with E-state index in [9.17, 15) is 8.78 Å². The predicted molar refractivity (Wildman–Crippen MR) is 72.0 cm³/mol. The fourth-order valence-electron chi connectivity index (χ4n) is 1.79. The predicted octanol–water partition coefficient (Wildman–Crippen LogP) is 3.82. The Morgan fingerprint density at radius 3 is 2.32 bits per heavy atom. The highest BCUT2D eigenvalue weighted by Crippen LogP contribution is 2.30. The van der Waals surface area contributed by atoms with Crippen molar-refractivity contribution in [1.29, 1.82) is 0 Å². The molecule has 0 radical (unpaired) electrons. The third-order valence-corrected chi connectivity index (χ3v) is 3.28. The van der Waals surface area contributed by atoms with Gasteiger partial charge in [0.05, 0.1) is 6.04 Å². The van der Waals surface area contributed by atoms with E-state index in [2.05, 4.69) is 5.43 Å². The summed E-state index contributed by atoms with van der Waals surface area (Å²) in [6, 6.07) is 7.88. The summed E-state index contributed by atoms with van der Waals surface area (Å²) in [5.74, 6) is 3.62. The number of halogens is 4. The van der Waals surface area contributed by atoms with Crippen LogP contribution in [0.15, 0.2) is 36.4 Å². The van der Waals surface area contributed by atoms with Crippen LogP contribution in [0.1, 0.15) is 17.2 Å². The fraction of sp³-hybridized carbons (Fsp3) is 0.0769. The Hall–Kier alpha value is -1.20. The molecule has 6 heteroatoms. The van der Waals surface area contributed by atoms with E-state index in [4.69, 9.17) is 29.0 Å². The minimum Gasteiger partial charge on any atom is -0.271 e. The average molecular weight is 303 g/mol. The molecule has 0 bridgehead atoms. The molecule has 0 fully saturated rings. The normalized spacial score (nSPS) is 12.5. The van der Waals surface area contributed by atoms with Gasteiger partial charge in [-0.2, -0.15) is 0 Å². The standard InChI is InChI=1S/C13H10Cl2F2N2/c14-8-2-3-9(10(15)6-8)13(19-18)7-1-4-11(16)12(17)5-7/h1-6,13,19H,18H2. The molecule has 2 nitrogen and oxygen atoms in total.